The Bertz CT molecular complexity index is 200. The van der Waals surface area contributed by atoms with E-state index in [9.17, 15) is 4.79 Å². The van der Waals surface area contributed by atoms with Crippen molar-refractivity contribution in [2.75, 3.05) is 6.54 Å². The zero-order valence-electron chi connectivity index (χ0n) is 7.85. The Balaban J connectivity index is 3.77. The van der Waals surface area contributed by atoms with Gasteiger partial charge in [0, 0.05) is 0 Å². The zero-order chi connectivity index (χ0) is 9.56. The lowest BCUT2D eigenvalue weighted by Gasteiger charge is -2.13. The lowest BCUT2D eigenvalue weighted by molar-refractivity contribution is -0.122. The molecule has 0 bridgehead atoms. The van der Waals surface area contributed by atoms with Gasteiger partial charge in [0.2, 0.25) is 5.91 Å². The van der Waals surface area contributed by atoms with E-state index in [1.165, 1.54) is 0 Å². The van der Waals surface area contributed by atoms with Gasteiger partial charge in [-0.2, -0.15) is 0 Å². The highest BCUT2D eigenvalue weighted by molar-refractivity contribution is 5.81. The highest BCUT2D eigenvalue weighted by Gasteiger charge is 2.15. The van der Waals surface area contributed by atoms with Crippen LogP contribution in [0.25, 0.3) is 0 Å². The summed E-state index contributed by atoms with van der Waals surface area (Å²) in [5.41, 5.74) is 5.58. The molecular formula is C9H16N2O. The molecule has 0 radical (unpaired) electrons. The maximum Gasteiger partial charge on any atom is 0.237 e. The molecule has 3 heteroatoms. The standard InChI is InChI=1S/C9H16N2O/c1-4-5-6-11-9(12)8(10)7(2)3/h7-8H,6,10H2,1-3H3,(H,11,12)/t8-/m1/s1. The zero-order valence-corrected chi connectivity index (χ0v) is 7.85. The van der Waals surface area contributed by atoms with Crippen LogP contribution in [-0.4, -0.2) is 18.5 Å². The summed E-state index contributed by atoms with van der Waals surface area (Å²) in [6, 6.07) is -0.427. The second-order valence-electron chi connectivity index (χ2n) is 2.91. The van der Waals surface area contributed by atoms with E-state index in [1.807, 2.05) is 13.8 Å². The summed E-state index contributed by atoms with van der Waals surface area (Å²) in [5, 5.41) is 2.63. The van der Waals surface area contributed by atoms with Crippen LogP contribution < -0.4 is 11.1 Å². The number of carbonyl (C=O) groups excluding carboxylic acids is 1. The van der Waals surface area contributed by atoms with Gasteiger partial charge in [-0.1, -0.05) is 19.8 Å². The number of carbonyl (C=O) groups is 1. The Hall–Kier alpha value is -1.01. The van der Waals surface area contributed by atoms with Crippen LogP contribution in [0, 0.1) is 17.8 Å². The molecule has 0 aliphatic rings. The predicted octanol–water partition coefficient (Wildman–Crippen LogP) is 0.109. The first-order chi connectivity index (χ1) is 5.59. The lowest BCUT2D eigenvalue weighted by Crippen LogP contribution is -2.43. The third kappa shape index (κ3) is 3.99. The van der Waals surface area contributed by atoms with Gasteiger partial charge in [0.25, 0.3) is 0 Å². The molecule has 0 unspecified atom stereocenters. The maximum atomic E-state index is 11.2. The van der Waals surface area contributed by atoms with Gasteiger partial charge >= 0.3 is 0 Å². The summed E-state index contributed by atoms with van der Waals surface area (Å²) in [5.74, 6) is 5.46. The molecule has 0 aromatic rings. The second kappa shape index (κ2) is 5.62. The monoisotopic (exact) mass is 168 g/mol. The Kier molecular flexibility index (Phi) is 5.14. The first kappa shape index (κ1) is 11.0. The number of amides is 1. The van der Waals surface area contributed by atoms with Gasteiger partial charge in [-0.15, -0.1) is 5.92 Å². The molecule has 3 nitrogen and oxygen atoms in total. The van der Waals surface area contributed by atoms with E-state index in [0.29, 0.717) is 6.54 Å². The first-order valence-corrected chi connectivity index (χ1v) is 4.02. The van der Waals surface area contributed by atoms with Crippen molar-refractivity contribution in [1.29, 1.82) is 0 Å². The minimum Gasteiger partial charge on any atom is -0.344 e. The van der Waals surface area contributed by atoms with E-state index in [0.717, 1.165) is 0 Å². The summed E-state index contributed by atoms with van der Waals surface area (Å²) in [6.45, 7) is 5.94. The average molecular weight is 168 g/mol. The fourth-order valence-corrected chi connectivity index (χ4v) is 0.640. The lowest BCUT2D eigenvalue weighted by atomic mass is 10.1. The fraction of sp³-hybridized carbons (Fsp3) is 0.667. The molecule has 0 aliphatic carbocycles. The van der Waals surface area contributed by atoms with Crippen molar-refractivity contribution in [3.05, 3.63) is 0 Å². The summed E-state index contributed by atoms with van der Waals surface area (Å²) in [7, 11) is 0. The molecule has 12 heavy (non-hydrogen) atoms. The van der Waals surface area contributed by atoms with E-state index in [2.05, 4.69) is 17.2 Å². The van der Waals surface area contributed by atoms with Crippen molar-refractivity contribution in [3.8, 4) is 11.8 Å². The van der Waals surface area contributed by atoms with Crippen LogP contribution in [0.1, 0.15) is 20.8 Å². The van der Waals surface area contributed by atoms with E-state index in [4.69, 9.17) is 5.73 Å². The number of nitrogens with two attached hydrogens (primary N) is 1. The van der Waals surface area contributed by atoms with Crippen LogP contribution in [0.15, 0.2) is 0 Å². The van der Waals surface area contributed by atoms with Crippen LogP contribution in [-0.2, 0) is 4.79 Å². The molecule has 0 saturated heterocycles. The summed E-state index contributed by atoms with van der Waals surface area (Å²) < 4.78 is 0. The van der Waals surface area contributed by atoms with Crippen molar-refractivity contribution >= 4 is 5.91 Å². The maximum absolute atomic E-state index is 11.2. The first-order valence-electron chi connectivity index (χ1n) is 4.02. The van der Waals surface area contributed by atoms with Gasteiger partial charge in [-0.25, -0.2) is 0 Å². The molecule has 0 saturated carbocycles. The third-order valence-electron chi connectivity index (χ3n) is 1.55. The minimum atomic E-state index is -0.427. The normalized spacial score (nSPS) is 11.8. The second-order valence-corrected chi connectivity index (χ2v) is 2.91. The SMILES string of the molecule is CC#CCNC(=O)[C@H](N)C(C)C. The molecule has 0 aromatic heterocycles. The van der Waals surface area contributed by atoms with Gasteiger partial charge in [0.1, 0.15) is 0 Å². The number of nitrogens with one attached hydrogen (secondary N) is 1. The van der Waals surface area contributed by atoms with Gasteiger partial charge < -0.3 is 11.1 Å². The van der Waals surface area contributed by atoms with Gasteiger partial charge in [0.15, 0.2) is 0 Å². The molecule has 0 fully saturated rings. The number of hydrogen-bond donors (Lipinski definition) is 2. The van der Waals surface area contributed by atoms with Crippen molar-refractivity contribution in [3.63, 3.8) is 0 Å². The van der Waals surface area contributed by atoms with E-state index in [-0.39, 0.29) is 11.8 Å². The topological polar surface area (TPSA) is 55.1 Å². The fourth-order valence-electron chi connectivity index (χ4n) is 0.640. The molecule has 68 valence electrons. The quantitative estimate of drug-likeness (QED) is 0.588. The smallest absolute Gasteiger partial charge is 0.237 e. The number of hydrogen-bond acceptors (Lipinski definition) is 2. The largest absolute Gasteiger partial charge is 0.344 e. The van der Waals surface area contributed by atoms with E-state index < -0.39 is 6.04 Å². The van der Waals surface area contributed by atoms with Crippen molar-refractivity contribution in [2.45, 2.75) is 26.8 Å². The van der Waals surface area contributed by atoms with Gasteiger partial charge in [-0.05, 0) is 12.8 Å². The Morgan fingerprint density at radius 1 is 1.58 bits per heavy atom. The Morgan fingerprint density at radius 3 is 2.58 bits per heavy atom. The number of rotatable bonds is 3. The molecule has 0 aromatic carbocycles. The van der Waals surface area contributed by atoms with Crippen LogP contribution in [0.4, 0.5) is 0 Å². The summed E-state index contributed by atoms with van der Waals surface area (Å²) >= 11 is 0. The molecule has 1 amide bonds. The van der Waals surface area contributed by atoms with Crippen LogP contribution in [0.3, 0.4) is 0 Å². The molecule has 0 spiro atoms. The van der Waals surface area contributed by atoms with Crippen LogP contribution in [0.5, 0.6) is 0 Å². The molecule has 3 N–H and O–H groups in total. The summed E-state index contributed by atoms with van der Waals surface area (Å²) in [4.78, 5) is 11.2. The van der Waals surface area contributed by atoms with Crippen LogP contribution >= 0.6 is 0 Å². The van der Waals surface area contributed by atoms with E-state index in [1.54, 1.807) is 6.92 Å². The van der Waals surface area contributed by atoms with Crippen molar-refractivity contribution in [1.82, 2.24) is 5.32 Å². The Morgan fingerprint density at radius 2 is 2.17 bits per heavy atom. The Labute approximate surface area is 73.7 Å². The van der Waals surface area contributed by atoms with Gasteiger partial charge in [0.05, 0.1) is 12.6 Å². The molecule has 0 heterocycles. The molecule has 1 atom stereocenters. The molecule has 0 rings (SSSR count). The predicted molar refractivity (Wildman–Crippen MR) is 49.3 cm³/mol. The van der Waals surface area contributed by atoms with Crippen molar-refractivity contribution < 1.29 is 4.79 Å². The van der Waals surface area contributed by atoms with Crippen molar-refractivity contribution in [2.24, 2.45) is 11.7 Å². The summed E-state index contributed by atoms with van der Waals surface area (Å²) in [6.07, 6.45) is 0. The van der Waals surface area contributed by atoms with E-state index >= 15 is 0 Å². The molecule has 0 aliphatic heterocycles. The highest BCUT2D eigenvalue weighted by atomic mass is 16.2. The highest BCUT2D eigenvalue weighted by Crippen LogP contribution is 1.96. The van der Waals surface area contributed by atoms with Gasteiger partial charge in [-0.3, -0.25) is 4.79 Å². The molecular weight excluding hydrogens is 152 g/mol. The van der Waals surface area contributed by atoms with Crippen LogP contribution in [0.2, 0.25) is 0 Å². The minimum absolute atomic E-state index is 0.132. The third-order valence-corrected chi connectivity index (χ3v) is 1.55. The average Bonchev–Trinajstić information content (AvgIpc) is 2.03.